The molecule has 0 aromatic carbocycles. The summed E-state index contributed by atoms with van der Waals surface area (Å²) in [6.45, 7) is 10.3. The first-order valence-electron chi connectivity index (χ1n) is 9.63. The number of rotatable bonds is 12. The predicted molar refractivity (Wildman–Crippen MR) is 98.0 cm³/mol. The second-order valence-electron chi connectivity index (χ2n) is 7.17. The van der Waals surface area contributed by atoms with Crippen molar-refractivity contribution in [1.29, 1.82) is 0 Å². The molecule has 0 aromatic heterocycles. The smallest absolute Gasteiger partial charge is 0.298 e. The number of carbonyl (C=O) groups excluding carboxylic acids is 4. The summed E-state index contributed by atoms with van der Waals surface area (Å²) < 4.78 is 0. The lowest BCUT2D eigenvalue weighted by atomic mass is 9.81. The third kappa shape index (κ3) is 5.92. The topological polar surface area (TPSA) is 86.7 Å². The summed E-state index contributed by atoms with van der Waals surface area (Å²) in [6, 6.07) is 0. The van der Waals surface area contributed by atoms with Crippen molar-refractivity contribution >= 4 is 23.5 Å². The highest BCUT2D eigenvalue weighted by Crippen LogP contribution is 2.30. The van der Waals surface area contributed by atoms with Crippen LogP contribution in [0, 0.1) is 10.8 Å². The first kappa shape index (κ1) is 24.3. The lowest BCUT2D eigenvalue weighted by Crippen LogP contribution is -2.41. The van der Waals surface area contributed by atoms with Gasteiger partial charge < -0.3 is 0 Å². The van der Waals surface area contributed by atoms with E-state index >= 15 is 0 Å². The Morgan fingerprint density at radius 1 is 0.654 bits per heavy atom. The monoisotopic (exact) mass is 370 g/mol. The summed E-state index contributed by atoms with van der Waals surface area (Å²) in [4.78, 5) is 58.8. The SMILES string of the molecule is CCCCC(=O)C(C)(CC)C(=O)OOC(=O)C(C)(CC)C(=O)CCCC. The van der Waals surface area contributed by atoms with Crippen LogP contribution in [0.15, 0.2) is 0 Å². The molecule has 26 heavy (non-hydrogen) atoms. The van der Waals surface area contributed by atoms with Crippen molar-refractivity contribution in [2.75, 3.05) is 0 Å². The van der Waals surface area contributed by atoms with Crippen molar-refractivity contribution in [3.63, 3.8) is 0 Å². The van der Waals surface area contributed by atoms with E-state index in [0.29, 0.717) is 12.8 Å². The maximum absolute atomic E-state index is 12.4. The maximum atomic E-state index is 12.4. The maximum Gasteiger partial charge on any atom is 0.368 e. The standard InChI is InChI=1S/C20H34O6/c1-7-11-13-15(21)19(5,9-3)17(23)25-26-18(24)20(6,10-4)16(22)14-12-8-2/h7-14H2,1-6H3. The number of ketones is 2. The second-order valence-corrected chi connectivity index (χ2v) is 7.17. The molecule has 2 unspecified atom stereocenters. The average Bonchev–Trinajstić information content (AvgIpc) is 2.66. The molecule has 0 saturated carbocycles. The zero-order valence-electron chi connectivity index (χ0n) is 17.1. The molecule has 6 nitrogen and oxygen atoms in total. The zero-order valence-corrected chi connectivity index (χ0v) is 17.1. The van der Waals surface area contributed by atoms with E-state index in [1.807, 2.05) is 13.8 Å². The van der Waals surface area contributed by atoms with Gasteiger partial charge in [-0.2, -0.15) is 0 Å². The summed E-state index contributed by atoms with van der Waals surface area (Å²) in [6.07, 6.45) is 4.06. The first-order chi connectivity index (χ1) is 12.1. The van der Waals surface area contributed by atoms with E-state index < -0.39 is 22.8 Å². The Morgan fingerprint density at radius 3 is 1.19 bits per heavy atom. The number of Topliss-reactive ketones (excluding diaryl/α,β-unsaturated/α-hetero) is 2. The van der Waals surface area contributed by atoms with Crippen molar-refractivity contribution in [3.05, 3.63) is 0 Å². The molecule has 0 radical (unpaired) electrons. The molecule has 150 valence electrons. The Labute approximate surface area is 156 Å². The van der Waals surface area contributed by atoms with E-state index in [9.17, 15) is 19.2 Å². The van der Waals surface area contributed by atoms with E-state index in [0.717, 1.165) is 12.8 Å². The fraction of sp³-hybridized carbons (Fsp3) is 0.800. The van der Waals surface area contributed by atoms with Crippen molar-refractivity contribution < 1.29 is 29.0 Å². The van der Waals surface area contributed by atoms with Gasteiger partial charge in [-0.25, -0.2) is 19.4 Å². The molecule has 2 atom stereocenters. The van der Waals surface area contributed by atoms with Crippen molar-refractivity contribution in [1.82, 2.24) is 0 Å². The predicted octanol–water partition coefficient (Wildman–Crippen LogP) is 4.34. The van der Waals surface area contributed by atoms with Gasteiger partial charge in [0, 0.05) is 12.8 Å². The van der Waals surface area contributed by atoms with E-state index in [-0.39, 0.29) is 37.2 Å². The van der Waals surface area contributed by atoms with Gasteiger partial charge in [0.2, 0.25) is 0 Å². The van der Waals surface area contributed by atoms with Crippen LogP contribution < -0.4 is 0 Å². The minimum atomic E-state index is -1.36. The number of carbonyl (C=O) groups is 4. The van der Waals surface area contributed by atoms with Crippen LogP contribution in [0.25, 0.3) is 0 Å². The fourth-order valence-electron chi connectivity index (χ4n) is 2.40. The molecule has 0 rings (SSSR count). The summed E-state index contributed by atoms with van der Waals surface area (Å²) in [5, 5.41) is 0. The van der Waals surface area contributed by atoms with Gasteiger partial charge in [-0.15, -0.1) is 0 Å². The molecular weight excluding hydrogens is 336 g/mol. The number of unbranched alkanes of at least 4 members (excludes halogenated alkanes) is 2. The highest BCUT2D eigenvalue weighted by molar-refractivity contribution is 6.05. The number of hydrogen-bond acceptors (Lipinski definition) is 6. The molecule has 6 heteroatoms. The molecular formula is C20H34O6. The molecule has 0 aliphatic rings. The van der Waals surface area contributed by atoms with Crippen LogP contribution in [0.3, 0.4) is 0 Å². The van der Waals surface area contributed by atoms with Gasteiger partial charge in [-0.1, -0.05) is 40.5 Å². The van der Waals surface area contributed by atoms with E-state index in [2.05, 4.69) is 0 Å². The fourth-order valence-corrected chi connectivity index (χ4v) is 2.40. The van der Waals surface area contributed by atoms with Gasteiger partial charge in [0.1, 0.15) is 22.4 Å². The molecule has 0 aromatic rings. The Kier molecular flexibility index (Phi) is 10.4. The normalized spacial score (nSPS) is 15.5. The van der Waals surface area contributed by atoms with Crippen LogP contribution in [0.2, 0.25) is 0 Å². The third-order valence-electron chi connectivity index (χ3n) is 5.25. The van der Waals surface area contributed by atoms with Crippen LogP contribution >= 0.6 is 0 Å². The van der Waals surface area contributed by atoms with E-state index in [4.69, 9.17) is 9.78 Å². The van der Waals surface area contributed by atoms with Crippen molar-refractivity contribution in [2.45, 2.75) is 92.9 Å². The van der Waals surface area contributed by atoms with E-state index in [1.165, 1.54) is 13.8 Å². The minimum Gasteiger partial charge on any atom is -0.298 e. The van der Waals surface area contributed by atoms with Crippen LogP contribution in [0.4, 0.5) is 0 Å². The lowest BCUT2D eigenvalue weighted by molar-refractivity contribution is -0.271. The van der Waals surface area contributed by atoms with Crippen molar-refractivity contribution in [2.24, 2.45) is 10.8 Å². The Hall–Kier alpha value is -1.72. The minimum absolute atomic E-state index is 0.236. The molecule has 0 spiro atoms. The molecule has 0 fully saturated rings. The summed E-state index contributed by atoms with van der Waals surface area (Å²) in [7, 11) is 0. The van der Waals surface area contributed by atoms with Crippen LogP contribution in [0.5, 0.6) is 0 Å². The van der Waals surface area contributed by atoms with Gasteiger partial charge in [-0.05, 0) is 39.5 Å². The first-order valence-corrected chi connectivity index (χ1v) is 9.63. The van der Waals surface area contributed by atoms with Gasteiger partial charge in [0.25, 0.3) is 0 Å². The summed E-state index contributed by atoms with van der Waals surface area (Å²) in [5.41, 5.74) is -2.71. The highest BCUT2D eigenvalue weighted by Gasteiger charge is 2.44. The molecule has 0 aliphatic carbocycles. The average molecular weight is 370 g/mol. The van der Waals surface area contributed by atoms with Crippen LogP contribution in [-0.4, -0.2) is 23.5 Å². The Bertz CT molecular complexity index is 466. The van der Waals surface area contributed by atoms with Gasteiger partial charge in [0.05, 0.1) is 0 Å². The molecule has 0 aliphatic heterocycles. The molecule has 0 bridgehead atoms. The summed E-state index contributed by atoms with van der Waals surface area (Å²) >= 11 is 0. The summed E-state index contributed by atoms with van der Waals surface area (Å²) in [5.74, 6) is -2.26. The number of hydrogen-bond donors (Lipinski definition) is 0. The zero-order chi connectivity index (χ0) is 20.4. The Balaban J connectivity index is 5.02. The quantitative estimate of drug-likeness (QED) is 0.288. The molecule has 0 saturated heterocycles. The van der Waals surface area contributed by atoms with Gasteiger partial charge >= 0.3 is 11.9 Å². The molecule has 0 amide bonds. The van der Waals surface area contributed by atoms with Gasteiger partial charge in [0.15, 0.2) is 0 Å². The molecule has 0 heterocycles. The van der Waals surface area contributed by atoms with E-state index in [1.54, 1.807) is 13.8 Å². The largest absolute Gasteiger partial charge is 0.368 e. The van der Waals surface area contributed by atoms with Crippen LogP contribution in [0.1, 0.15) is 92.9 Å². The van der Waals surface area contributed by atoms with Crippen LogP contribution in [-0.2, 0) is 29.0 Å². The third-order valence-corrected chi connectivity index (χ3v) is 5.25. The van der Waals surface area contributed by atoms with Gasteiger partial charge in [-0.3, -0.25) is 9.59 Å². The molecule has 0 N–H and O–H groups in total. The Morgan fingerprint density at radius 2 is 0.962 bits per heavy atom. The lowest BCUT2D eigenvalue weighted by Gasteiger charge is -2.26. The van der Waals surface area contributed by atoms with Crippen molar-refractivity contribution in [3.8, 4) is 0 Å². The highest BCUT2D eigenvalue weighted by atomic mass is 17.2. The second kappa shape index (κ2) is 11.1.